The first-order chi connectivity index (χ1) is 12.3. The molecule has 2 aliphatic rings. The van der Waals surface area contributed by atoms with E-state index < -0.39 is 0 Å². The lowest BCUT2D eigenvalue weighted by molar-refractivity contribution is -0.138. The van der Waals surface area contributed by atoms with Crippen LogP contribution in [0.25, 0.3) is 0 Å². The van der Waals surface area contributed by atoms with E-state index >= 15 is 0 Å². The molecule has 1 aromatic rings. The fraction of sp³-hybridized carbons (Fsp3) is 0.650. The number of hydrogen-bond donors (Lipinski definition) is 0. The van der Waals surface area contributed by atoms with Crippen LogP contribution < -0.4 is 9.47 Å². The highest BCUT2D eigenvalue weighted by Crippen LogP contribution is 2.28. The number of carbonyl (C=O) groups is 1. The lowest BCUT2D eigenvalue weighted by atomic mass is 9.84. The van der Waals surface area contributed by atoms with Gasteiger partial charge in [-0.05, 0) is 38.3 Å². The molecule has 1 amide bonds. The Bertz CT molecular complexity index is 560. The van der Waals surface area contributed by atoms with Crippen molar-refractivity contribution >= 4 is 5.91 Å². The number of benzene rings is 1. The summed E-state index contributed by atoms with van der Waals surface area (Å²) in [6, 6.07) is 7.80. The van der Waals surface area contributed by atoms with E-state index in [-0.39, 0.29) is 0 Å². The van der Waals surface area contributed by atoms with Gasteiger partial charge in [0.05, 0.1) is 6.61 Å². The normalized spacial score (nSPS) is 19.2. The van der Waals surface area contributed by atoms with Crippen molar-refractivity contribution in [1.29, 1.82) is 0 Å². The van der Waals surface area contributed by atoms with Gasteiger partial charge in [-0.15, -0.1) is 0 Å². The van der Waals surface area contributed by atoms with Crippen molar-refractivity contribution in [1.82, 2.24) is 9.80 Å². The number of amides is 1. The summed E-state index contributed by atoms with van der Waals surface area (Å²) in [7, 11) is 0. The van der Waals surface area contributed by atoms with Gasteiger partial charge in [-0.3, -0.25) is 9.69 Å². The first-order valence-corrected chi connectivity index (χ1v) is 9.63. The second-order valence-electron chi connectivity index (χ2n) is 6.90. The minimum atomic E-state index is 0.312. The number of hydrogen-bond acceptors (Lipinski definition) is 4. The Kier molecular flexibility index (Phi) is 6.56. The van der Waals surface area contributed by atoms with E-state index in [1.54, 1.807) is 0 Å². The maximum absolute atomic E-state index is 12.4. The van der Waals surface area contributed by atoms with Crippen LogP contribution in [0.4, 0.5) is 0 Å². The standard InChI is InChI=1S/C20H30N2O3/c1-2-24-18-8-4-9-19(16-18)25-15-14-21-10-5-11-22(13-12-21)20(23)17-6-3-7-17/h4,8-9,16-17H,2-3,5-7,10-15H2,1H3. The molecule has 0 spiro atoms. The molecule has 0 radical (unpaired) electrons. The van der Waals surface area contributed by atoms with Crippen molar-refractivity contribution in [2.24, 2.45) is 5.92 Å². The lowest BCUT2D eigenvalue weighted by Gasteiger charge is -2.31. The van der Waals surface area contributed by atoms with Crippen LogP contribution in [0.15, 0.2) is 24.3 Å². The van der Waals surface area contributed by atoms with Crippen LogP contribution in [0.3, 0.4) is 0 Å². The maximum atomic E-state index is 12.4. The van der Waals surface area contributed by atoms with Crippen molar-refractivity contribution < 1.29 is 14.3 Å². The van der Waals surface area contributed by atoms with E-state index in [0.29, 0.717) is 25.0 Å². The predicted octanol–water partition coefficient (Wildman–Crippen LogP) is 2.80. The molecular formula is C20H30N2O3. The molecule has 0 unspecified atom stereocenters. The second-order valence-corrected chi connectivity index (χ2v) is 6.90. The van der Waals surface area contributed by atoms with E-state index in [1.807, 2.05) is 31.2 Å². The molecule has 1 saturated carbocycles. The van der Waals surface area contributed by atoms with Crippen LogP contribution in [0.2, 0.25) is 0 Å². The fourth-order valence-corrected chi connectivity index (χ4v) is 3.44. The van der Waals surface area contributed by atoms with Gasteiger partial charge in [0.1, 0.15) is 18.1 Å². The van der Waals surface area contributed by atoms with E-state index in [2.05, 4.69) is 9.80 Å². The van der Waals surface area contributed by atoms with E-state index in [0.717, 1.165) is 63.5 Å². The molecule has 1 saturated heterocycles. The third-order valence-corrected chi connectivity index (χ3v) is 5.15. The first-order valence-electron chi connectivity index (χ1n) is 9.63. The Morgan fingerprint density at radius 3 is 2.60 bits per heavy atom. The van der Waals surface area contributed by atoms with E-state index in [4.69, 9.17) is 9.47 Å². The third kappa shape index (κ3) is 5.11. The molecule has 0 bridgehead atoms. The Balaban J connectivity index is 1.40. The highest BCUT2D eigenvalue weighted by molar-refractivity contribution is 5.79. The minimum Gasteiger partial charge on any atom is -0.494 e. The van der Waals surface area contributed by atoms with Gasteiger partial charge in [-0.25, -0.2) is 0 Å². The van der Waals surface area contributed by atoms with Crippen LogP contribution in [-0.4, -0.2) is 61.6 Å². The van der Waals surface area contributed by atoms with Crippen LogP contribution in [0.5, 0.6) is 11.5 Å². The lowest BCUT2D eigenvalue weighted by Crippen LogP contribution is -2.41. The van der Waals surface area contributed by atoms with E-state index in [9.17, 15) is 4.79 Å². The van der Waals surface area contributed by atoms with Gasteiger partial charge < -0.3 is 14.4 Å². The summed E-state index contributed by atoms with van der Waals surface area (Å²) in [5, 5.41) is 0. The molecule has 1 heterocycles. The highest BCUT2D eigenvalue weighted by atomic mass is 16.5. The zero-order chi connectivity index (χ0) is 17.5. The molecule has 2 fully saturated rings. The van der Waals surface area contributed by atoms with Gasteiger partial charge in [0, 0.05) is 44.7 Å². The van der Waals surface area contributed by atoms with Gasteiger partial charge in [-0.1, -0.05) is 12.5 Å². The molecule has 0 atom stereocenters. The average molecular weight is 346 g/mol. The molecule has 0 N–H and O–H groups in total. The van der Waals surface area contributed by atoms with Crippen molar-refractivity contribution in [3.05, 3.63) is 24.3 Å². The summed E-state index contributed by atoms with van der Waals surface area (Å²) in [5.74, 6) is 2.40. The number of nitrogens with zero attached hydrogens (tertiary/aromatic N) is 2. The molecule has 1 aliphatic carbocycles. The van der Waals surface area contributed by atoms with Gasteiger partial charge >= 0.3 is 0 Å². The molecule has 1 aliphatic heterocycles. The van der Waals surface area contributed by atoms with Crippen LogP contribution >= 0.6 is 0 Å². The van der Waals surface area contributed by atoms with Crippen molar-refractivity contribution in [2.75, 3.05) is 45.9 Å². The molecule has 3 rings (SSSR count). The monoisotopic (exact) mass is 346 g/mol. The summed E-state index contributed by atoms with van der Waals surface area (Å²) in [6.07, 6.45) is 4.46. The quantitative estimate of drug-likeness (QED) is 0.761. The SMILES string of the molecule is CCOc1cccc(OCCN2CCCN(C(=O)C3CCC3)CC2)c1. The van der Waals surface area contributed by atoms with Gasteiger partial charge in [0.25, 0.3) is 0 Å². The molecule has 1 aromatic carbocycles. The van der Waals surface area contributed by atoms with Crippen LogP contribution in [0.1, 0.15) is 32.6 Å². The fourth-order valence-electron chi connectivity index (χ4n) is 3.44. The molecule has 5 heteroatoms. The van der Waals surface area contributed by atoms with Gasteiger partial charge in [0.15, 0.2) is 0 Å². The van der Waals surface area contributed by atoms with Gasteiger partial charge in [-0.2, -0.15) is 0 Å². The van der Waals surface area contributed by atoms with Crippen molar-refractivity contribution in [2.45, 2.75) is 32.6 Å². The van der Waals surface area contributed by atoms with Gasteiger partial charge in [0.2, 0.25) is 5.91 Å². The molecule has 0 aromatic heterocycles. The summed E-state index contributed by atoms with van der Waals surface area (Å²) in [5.41, 5.74) is 0. The Labute approximate surface area is 150 Å². The number of ether oxygens (including phenoxy) is 2. The van der Waals surface area contributed by atoms with Crippen LogP contribution in [0, 0.1) is 5.92 Å². The van der Waals surface area contributed by atoms with Crippen LogP contribution in [-0.2, 0) is 4.79 Å². The molecular weight excluding hydrogens is 316 g/mol. The number of rotatable bonds is 7. The van der Waals surface area contributed by atoms with Crippen molar-refractivity contribution in [3.63, 3.8) is 0 Å². The summed E-state index contributed by atoms with van der Waals surface area (Å²) >= 11 is 0. The largest absolute Gasteiger partial charge is 0.494 e. The summed E-state index contributed by atoms with van der Waals surface area (Å²) in [6.45, 7) is 7.94. The number of carbonyl (C=O) groups excluding carboxylic acids is 1. The predicted molar refractivity (Wildman–Crippen MR) is 98.1 cm³/mol. The maximum Gasteiger partial charge on any atom is 0.225 e. The third-order valence-electron chi connectivity index (χ3n) is 5.15. The topological polar surface area (TPSA) is 42.0 Å². The zero-order valence-corrected chi connectivity index (χ0v) is 15.3. The molecule has 5 nitrogen and oxygen atoms in total. The highest BCUT2D eigenvalue weighted by Gasteiger charge is 2.30. The summed E-state index contributed by atoms with van der Waals surface area (Å²) in [4.78, 5) is 16.9. The molecule has 138 valence electrons. The Morgan fingerprint density at radius 2 is 1.88 bits per heavy atom. The average Bonchev–Trinajstić information content (AvgIpc) is 2.80. The Morgan fingerprint density at radius 1 is 1.08 bits per heavy atom. The zero-order valence-electron chi connectivity index (χ0n) is 15.3. The smallest absolute Gasteiger partial charge is 0.225 e. The second kappa shape index (κ2) is 9.09. The minimum absolute atomic E-state index is 0.312. The van der Waals surface area contributed by atoms with E-state index in [1.165, 1.54) is 6.42 Å². The molecule has 25 heavy (non-hydrogen) atoms. The van der Waals surface area contributed by atoms with Crippen molar-refractivity contribution in [3.8, 4) is 11.5 Å². The Hall–Kier alpha value is -1.75. The summed E-state index contributed by atoms with van der Waals surface area (Å²) < 4.78 is 11.4. The first kappa shape index (κ1) is 18.1.